The van der Waals surface area contributed by atoms with Gasteiger partial charge in [-0.3, -0.25) is 5.32 Å². The molecule has 1 saturated carbocycles. The Morgan fingerprint density at radius 2 is 1.84 bits per heavy atom. The molecule has 1 heterocycles. The van der Waals surface area contributed by atoms with Gasteiger partial charge in [0, 0.05) is 23.4 Å². The van der Waals surface area contributed by atoms with E-state index in [0.717, 1.165) is 15.4 Å². The molecule has 4 amide bonds. The molecule has 0 bridgehead atoms. The molecule has 2 aromatic rings. The van der Waals surface area contributed by atoms with Crippen molar-refractivity contribution in [3.05, 3.63) is 29.4 Å². The molecule has 0 spiro atoms. The summed E-state index contributed by atoms with van der Waals surface area (Å²) in [5.41, 5.74) is 11.5. The third kappa shape index (κ3) is 8.06. The molecule has 1 aromatic carbocycles. The molecule has 3 rings (SSSR count). The standard InChI is InChI=1S/C17H20N4O3S.C4H9NO2/c18-16(22)21-13-8-11(20-17(23)24)6-7-12(13)14-9-19-15(25-14)10-4-2-1-3-5-10;1-3(2)7-4(5)6/h6-10,20H,1-5H2,(H,23,24)(H3,18,21,22);3H,1-2H3,(H2,5,6). The number of carboxylic acid groups (broad SMARTS) is 1. The number of carbonyl (C=O) groups excluding carboxylic acids is 2. The number of anilines is 2. The van der Waals surface area contributed by atoms with Gasteiger partial charge in [0.05, 0.1) is 21.7 Å². The fourth-order valence-electron chi connectivity index (χ4n) is 3.38. The molecule has 1 aromatic heterocycles. The van der Waals surface area contributed by atoms with Gasteiger partial charge < -0.3 is 26.6 Å². The zero-order valence-corrected chi connectivity index (χ0v) is 18.9. The Hall–Kier alpha value is -3.34. The van der Waals surface area contributed by atoms with Crippen molar-refractivity contribution >= 4 is 40.9 Å². The molecular weight excluding hydrogens is 434 g/mol. The first-order chi connectivity index (χ1) is 15.2. The number of amides is 4. The number of primary amides is 2. The second-order valence-corrected chi connectivity index (χ2v) is 8.63. The van der Waals surface area contributed by atoms with Crippen LogP contribution >= 0.6 is 11.3 Å². The minimum atomic E-state index is -1.17. The molecule has 174 valence electrons. The van der Waals surface area contributed by atoms with Gasteiger partial charge in [-0.1, -0.05) is 19.3 Å². The van der Waals surface area contributed by atoms with E-state index in [2.05, 4.69) is 26.1 Å². The van der Waals surface area contributed by atoms with Crippen LogP contribution in [-0.4, -0.2) is 34.4 Å². The molecule has 0 radical (unpaired) electrons. The van der Waals surface area contributed by atoms with Crippen LogP contribution in [0.25, 0.3) is 10.4 Å². The predicted octanol–water partition coefficient (Wildman–Crippen LogP) is 4.93. The maximum absolute atomic E-state index is 11.3. The van der Waals surface area contributed by atoms with Crippen molar-refractivity contribution in [3.8, 4) is 10.4 Å². The fourth-order valence-corrected chi connectivity index (χ4v) is 4.51. The van der Waals surface area contributed by atoms with E-state index in [0.29, 0.717) is 17.3 Å². The number of nitrogens with one attached hydrogen (secondary N) is 2. The molecule has 0 saturated heterocycles. The number of nitrogens with zero attached hydrogens (tertiary/aromatic N) is 1. The van der Waals surface area contributed by atoms with Gasteiger partial charge in [-0.05, 0) is 44.9 Å². The number of carbonyl (C=O) groups is 3. The average Bonchev–Trinajstić information content (AvgIpc) is 3.17. The number of hydrogen-bond acceptors (Lipinski definition) is 6. The summed E-state index contributed by atoms with van der Waals surface area (Å²) in [6.45, 7) is 3.48. The van der Waals surface area contributed by atoms with Crippen LogP contribution in [0.3, 0.4) is 0 Å². The second-order valence-electron chi connectivity index (χ2n) is 7.56. The van der Waals surface area contributed by atoms with E-state index in [1.54, 1.807) is 49.6 Å². The van der Waals surface area contributed by atoms with Gasteiger partial charge in [-0.2, -0.15) is 0 Å². The minimum absolute atomic E-state index is 0.0995. The van der Waals surface area contributed by atoms with E-state index in [4.69, 9.17) is 10.8 Å². The predicted molar refractivity (Wildman–Crippen MR) is 124 cm³/mol. The Bertz CT molecular complexity index is 940. The van der Waals surface area contributed by atoms with Crippen LogP contribution < -0.4 is 22.1 Å². The molecule has 7 N–H and O–H groups in total. The quantitative estimate of drug-likeness (QED) is 0.421. The summed E-state index contributed by atoms with van der Waals surface area (Å²) >= 11 is 1.61. The number of ether oxygens (including phenoxy) is 1. The number of urea groups is 1. The van der Waals surface area contributed by atoms with Gasteiger partial charge in [0.2, 0.25) is 0 Å². The smallest absolute Gasteiger partial charge is 0.409 e. The van der Waals surface area contributed by atoms with Gasteiger partial charge in [0.1, 0.15) is 0 Å². The van der Waals surface area contributed by atoms with Gasteiger partial charge in [0.15, 0.2) is 0 Å². The van der Waals surface area contributed by atoms with Crippen molar-refractivity contribution in [2.24, 2.45) is 11.5 Å². The Balaban J connectivity index is 0.000000451. The van der Waals surface area contributed by atoms with Crippen LogP contribution in [0.4, 0.5) is 25.8 Å². The summed E-state index contributed by atoms with van der Waals surface area (Å²) in [6, 6.07) is 4.25. The number of benzene rings is 1. The molecule has 11 heteroatoms. The van der Waals surface area contributed by atoms with E-state index >= 15 is 0 Å². The summed E-state index contributed by atoms with van der Waals surface area (Å²) in [4.78, 5) is 37.4. The maximum Gasteiger partial charge on any atom is 0.409 e. The SMILES string of the molecule is CC(C)OC(N)=O.NC(=O)Nc1cc(NC(=O)O)ccc1-c1cnc(C2CCCCC2)s1. The third-order valence-electron chi connectivity index (χ3n) is 4.62. The van der Waals surface area contributed by atoms with Crippen LogP contribution in [0.15, 0.2) is 24.4 Å². The molecule has 0 atom stereocenters. The topological polar surface area (TPSA) is 170 Å². The molecule has 10 nitrogen and oxygen atoms in total. The first-order valence-corrected chi connectivity index (χ1v) is 11.1. The average molecular weight is 464 g/mol. The lowest BCUT2D eigenvalue weighted by molar-refractivity contribution is 0.125. The van der Waals surface area contributed by atoms with Gasteiger partial charge in [-0.15, -0.1) is 11.3 Å². The highest BCUT2D eigenvalue weighted by Crippen LogP contribution is 2.40. The fraction of sp³-hybridized carbons (Fsp3) is 0.429. The van der Waals surface area contributed by atoms with Crippen LogP contribution in [0.2, 0.25) is 0 Å². The number of nitrogens with two attached hydrogens (primary N) is 2. The van der Waals surface area contributed by atoms with E-state index in [-0.39, 0.29) is 6.10 Å². The zero-order chi connectivity index (χ0) is 23.7. The lowest BCUT2D eigenvalue weighted by Gasteiger charge is -2.18. The van der Waals surface area contributed by atoms with Crippen molar-refractivity contribution in [3.63, 3.8) is 0 Å². The summed E-state index contributed by atoms with van der Waals surface area (Å²) in [5.74, 6) is 0.507. The summed E-state index contributed by atoms with van der Waals surface area (Å²) in [7, 11) is 0. The number of rotatable bonds is 5. The van der Waals surface area contributed by atoms with E-state index in [1.807, 2.05) is 0 Å². The Kier molecular flexibility index (Phi) is 9.26. The Morgan fingerprint density at radius 1 is 1.16 bits per heavy atom. The van der Waals surface area contributed by atoms with Crippen molar-refractivity contribution in [2.75, 3.05) is 10.6 Å². The first kappa shape index (κ1) is 24.9. The summed E-state index contributed by atoms with van der Waals surface area (Å²) in [5, 5.41) is 14.8. The molecule has 32 heavy (non-hydrogen) atoms. The summed E-state index contributed by atoms with van der Waals surface area (Å²) < 4.78 is 4.39. The monoisotopic (exact) mass is 463 g/mol. The highest BCUT2D eigenvalue weighted by molar-refractivity contribution is 7.15. The number of aromatic nitrogens is 1. The van der Waals surface area contributed by atoms with E-state index in [9.17, 15) is 14.4 Å². The van der Waals surface area contributed by atoms with Gasteiger partial charge >= 0.3 is 18.2 Å². The van der Waals surface area contributed by atoms with Crippen LogP contribution in [0, 0.1) is 0 Å². The highest BCUT2D eigenvalue weighted by Gasteiger charge is 2.20. The largest absolute Gasteiger partial charge is 0.465 e. The van der Waals surface area contributed by atoms with Crippen LogP contribution in [-0.2, 0) is 4.74 Å². The molecule has 1 aliphatic carbocycles. The molecule has 0 aliphatic heterocycles. The minimum Gasteiger partial charge on any atom is -0.465 e. The van der Waals surface area contributed by atoms with Gasteiger partial charge in [0.25, 0.3) is 0 Å². The number of thiazole rings is 1. The van der Waals surface area contributed by atoms with Crippen molar-refractivity contribution in [1.29, 1.82) is 0 Å². The second kappa shape index (κ2) is 11.9. The molecule has 1 aliphatic rings. The number of hydrogen-bond donors (Lipinski definition) is 5. The van der Waals surface area contributed by atoms with E-state index < -0.39 is 18.2 Å². The highest BCUT2D eigenvalue weighted by atomic mass is 32.1. The normalized spacial score (nSPS) is 13.6. The molecular formula is C21H29N5O5S. The first-order valence-electron chi connectivity index (χ1n) is 10.3. The lowest BCUT2D eigenvalue weighted by atomic mass is 9.90. The van der Waals surface area contributed by atoms with Crippen molar-refractivity contribution < 1.29 is 24.2 Å². The maximum atomic E-state index is 11.3. The Morgan fingerprint density at radius 3 is 2.38 bits per heavy atom. The molecule has 1 fully saturated rings. The van der Waals surface area contributed by atoms with E-state index in [1.165, 1.54) is 32.1 Å². The summed E-state index contributed by atoms with van der Waals surface area (Å²) in [6.07, 6.45) is 5.93. The molecule has 0 unspecified atom stereocenters. The Labute approximate surface area is 190 Å². The van der Waals surface area contributed by atoms with Crippen LogP contribution in [0.5, 0.6) is 0 Å². The lowest BCUT2D eigenvalue weighted by Crippen LogP contribution is -2.20. The van der Waals surface area contributed by atoms with Crippen LogP contribution in [0.1, 0.15) is 56.9 Å². The third-order valence-corrected chi connectivity index (χ3v) is 5.82. The van der Waals surface area contributed by atoms with Crippen molar-refractivity contribution in [1.82, 2.24) is 4.98 Å². The van der Waals surface area contributed by atoms with Gasteiger partial charge in [-0.25, -0.2) is 19.4 Å². The van der Waals surface area contributed by atoms with Crippen molar-refractivity contribution in [2.45, 2.75) is 58.0 Å². The zero-order valence-electron chi connectivity index (χ0n) is 18.1.